The molecule has 0 radical (unpaired) electrons. The lowest BCUT2D eigenvalue weighted by Crippen LogP contribution is -2.49. The minimum absolute atomic E-state index is 0.223. The van der Waals surface area contributed by atoms with Gasteiger partial charge in [0.2, 0.25) is 10.0 Å². The fourth-order valence-corrected chi connectivity index (χ4v) is 5.56. The third-order valence-corrected chi connectivity index (χ3v) is 6.91. The monoisotopic (exact) mass is 357 g/mol. The van der Waals surface area contributed by atoms with Crippen molar-refractivity contribution in [2.45, 2.75) is 64.9 Å². The summed E-state index contributed by atoms with van der Waals surface area (Å²) in [5.74, 6) is -1.25. The Balaban J connectivity index is 2.44. The lowest BCUT2D eigenvalue weighted by Gasteiger charge is -2.36. The molecule has 0 amide bonds. The van der Waals surface area contributed by atoms with Gasteiger partial charge in [-0.25, -0.2) is 8.42 Å². The van der Waals surface area contributed by atoms with Crippen LogP contribution in [-0.2, 0) is 21.4 Å². The van der Waals surface area contributed by atoms with Gasteiger partial charge >= 0.3 is 5.97 Å². The molecule has 1 saturated heterocycles. The Kier molecular flexibility index (Phi) is 5.39. The van der Waals surface area contributed by atoms with Crippen LogP contribution in [0.25, 0.3) is 0 Å². The molecule has 1 aliphatic rings. The van der Waals surface area contributed by atoms with E-state index in [-0.39, 0.29) is 4.90 Å². The number of carboxylic acids is 1. The first kappa shape index (κ1) is 18.9. The highest BCUT2D eigenvalue weighted by Gasteiger charge is 2.41. The minimum Gasteiger partial charge on any atom is -0.481 e. The zero-order valence-corrected chi connectivity index (χ0v) is 15.8. The summed E-state index contributed by atoms with van der Waals surface area (Å²) < 4.78 is 29.4. The van der Waals surface area contributed by atoms with E-state index < -0.39 is 28.0 Å². The number of carboxylic acid groups (broad SMARTS) is 1. The molecule has 1 aromatic heterocycles. The first-order valence-electron chi connectivity index (χ1n) is 8.36. The average molecular weight is 357 g/mol. The third-order valence-electron chi connectivity index (χ3n) is 4.67. The number of nitrogens with zero attached hydrogens (tertiary/aromatic N) is 3. The number of aryl methyl sites for hydroxylation is 1. The molecule has 0 aromatic carbocycles. The van der Waals surface area contributed by atoms with Crippen molar-refractivity contribution in [3.63, 3.8) is 0 Å². The van der Waals surface area contributed by atoms with Gasteiger partial charge in [0.15, 0.2) is 0 Å². The summed E-state index contributed by atoms with van der Waals surface area (Å²) in [6, 6.07) is -0.562. The van der Waals surface area contributed by atoms with Crippen molar-refractivity contribution in [3.8, 4) is 0 Å². The third kappa shape index (κ3) is 3.35. The smallest absolute Gasteiger partial charge is 0.308 e. The van der Waals surface area contributed by atoms with Gasteiger partial charge in [0.25, 0.3) is 0 Å². The first-order chi connectivity index (χ1) is 11.1. The summed E-state index contributed by atoms with van der Waals surface area (Å²) in [5.41, 5.74) is 1.09. The lowest BCUT2D eigenvalue weighted by atomic mass is 9.92. The molecule has 2 rings (SSSR count). The van der Waals surface area contributed by atoms with Crippen molar-refractivity contribution >= 4 is 16.0 Å². The van der Waals surface area contributed by atoms with E-state index in [4.69, 9.17) is 0 Å². The molecule has 1 aromatic rings. The number of rotatable bonds is 5. The zero-order valence-electron chi connectivity index (χ0n) is 15.0. The molecule has 1 N–H and O–H groups in total. The predicted octanol–water partition coefficient (Wildman–Crippen LogP) is 2.03. The van der Waals surface area contributed by atoms with E-state index in [1.165, 1.54) is 4.31 Å². The van der Waals surface area contributed by atoms with Gasteiger partial charge in [0.05, 0.1) is 17.3 Å². The van der Waals surface area contributed by atoms with Crippen LogP contribution in [-0.4, -0.2) is 46.2 Å². The molecule has 8 heteroatoms. The maximum absolute atomic E-state index is 13.2. The lowest BCUT2D eigenvalue weighted by molar-refractivity contribution is -0.144. The topological polar surface area (TPSA) is 92.5 Å². The molecule has 7 nitrogen and oxygen atoms in total. The number of aromatic nitrogens is 2. The van der Waals surface area contributed by atoms with Crippen LogP contribution in [0.2, 0.25) is 0 Å². The molecule has 0 aliphatic carbocycles. The van der Waals surface area contributed by atoms with Gasteiger partial charge in [-0.15, -0.1) is 0 Å². The number of carbonyl (C=O) groups is 1. The summed E-state index contributed by atoms with van der Waals surface area (Å²) in [4.78, 5) is 11.6. The van der Waals surface area contributed by atoms with Crippen LogP contribution in [0.1, 0.15) is 45.0 Å². The van der Waals surface area contributed by atoms with Gasteiger partial charge < -0.3 is 5.11 Å². The minimum atomic E-state index is -3.77. The summed E-state index contributed by atoms with van der Waals surface area (Å²) >= 11 is 0. The largest absolute Gasteiger partial charge is 0.481 e. The Morgan fingerprint density at radius 3 is 2.54 bits per heavy atom. The Hall–Kier alpha value is -1.41. The second kappa shape index (κ2) is 6.84. The fraction of sp³-hybridized carbons (Fsp3) is 0.750. The number of aliphatic carboxylic acids is 1. The Morgan fingerprint density at radius 2 is 2.00 bits per heavy atom. The van der Waals surface area contributed by atoms with Crippen molar-refractivity contribution in [1.29, 1.82) is 0 Å². The second-order valence-corrected chi connectivity index (χ2v) is 8.85. The van der Waals surface area contributed by atoms with Gasteiger partial charge in [-0.3, -0.25) is 9.48 Å². The van der Waals surface area contributed by atoms with Gasteiger partial charge in [-0.2, -0.15) is 9.40 Å². The summed E-state index contributed by atoms with van der Waals surface area (Å²) in [5, 5.41) is 13.7. The number of hydrogen-bond donors (Lipinski definition) is 1. The van der Waals surface area contributed by atoms with E-state index in [0.29, 0.717) is 43.2 Å². The van der Waals surface area contributed by atoms with Crippen LogP contribution >= 0.6 is 0 Å². The normalized spacial score (nSPS) is 22.9. The van der Waals surface area contributed by atoms with Crippen LogP contribution in [0.5, 0.6) is 0 Å². The second-order valence-electron chi connectivity index (χ2n) is 7.02. The molecule has 0 bridgehead atoms. The zero-order chi connectivity index (χ0) is 18.2. The van der Waals surface area contributed by atoms with Gasteiger partial charge in [-0.1, -0.05) is 13.8 Å². The van der Waals surface area contributed by atoms with Crippen LogP contribution in [0.4, 0.5) is 0 Å². The highest BCUT2D eigenvalue weighted by molar-refractivity contribution is 7.89. The molecule has 0 unspecified atom stereocenters. The summed E-state index contributed by atoms with van der Waals surface area (Å²) in [6.07, 6.45) is 1.06. The van der Waals surface area contributed by atoms with Gasteiger partial charge in [-0.05, 0) is 39.5 Å². The molecule has 2 heterocycles. The SMILES string of the molecule is Cc1nn(CC(C)C)c(C)c1S(=O)(=O)N1CCC[C@H](C(=O)O)[C@@H]1C. The van der Waals surface area contributed by atoms with Crippen LogP contribution in [0, 0.1) is 25.7 Å². The predicted molar refractivity (Wildman–Crippen MR) is 90.3 cm³/mol. The van der Waals surface area contributed by atoms with E-state index in [1.807, 2.05) is 0 Å². The highest BCUT2D eigenvalue weighted by atomic mass is 32.2. The quantitative estimate of drug-likeness (QED) is 0.870. The highest BCUT2D eigenvalue weighted by Crippen LogP contribution is 2.32. The molecule has 0 saturated carbocycles. The number of piperidine rings is 1. The molecule has 1 fully saturated rings. The van der Waals surface area contributed by atoms with Crippen LogP contribution in [0.15, 0.2) is 4.90 Å². The Labute approximate surface area is 143 Å². The van der Waals surface area contributed by atoms with Crippen LogP contribution in [0.3, 0.4) is 0 Å². The Bertz CT molecular complexity index is 724. The molecule has 136 valence electrons. The molecule has 24 heavy (non-hydrogen) atoms. The van der Waals surface area contributed by atoms with Crippen molar-refractivity contribution < 1.29 is 18.3 Å². The van der Waals surface area contributed by atoms with Crippen molar-refractivity contribution in [2.24, 2.45) is 11.8 Å². The van der Waals surface area contributed by atoms with Gasteiger partial charge in [0, 0.05) is 19.1 Å². The first-order valence-corrected chi connectivity index (χ1v) is 9.80. The summed E-state index contributed by atoms with van der Waals surface area (Å²) in [7, 11) is -3.77. The maximum Gasteiger partial charge on any atom is 0.308 e. The number of sulfonamides is 1. The standard InChI is InChI=1S/C16H27N3O4S/c1-10(2)9-18-13(5)15(11(3)17-18)24(22,23)19-8-6-7-14(12(19)4)16(20)21/h10,12,14H,6-9H2,1-5H3,(H,20,21)/t12-,14-/m0/s1. The van der Waals surface area contributed by atoms with Crippen LogP contribution < -0.4 is 0 Å². The maximum atomic E-state index is 13.2. The van der Waals surface area contributed by atoms with Crippen molar-refractivity contribution in [3.05, 3.63) is 11.4 Å². The Morgan fingerprint density at radius 1 is 1.38 bits per heavy atom. The van der Waals surface area contributed by atoms with E-state index in [9.17, 15) is 18.3 Å². The van der Waals surface area contributed by atoms with E-state index in [0.717, 1.165) is 0 Å². The van der Waals surface area contributed by atoms with E-state index in [1.54, 1.807) is 25.5 Å². The molecule has 0 spiro atoms. The molecular weight excluding hydrogens is 330 g/mol. The van der Waals surface area contributed by atoms with E-state index in [2.05, 4.69) is 18.9 Å². The fourth-order valence-electron chi connectivity index (χ4n) is 3.48. The average Bonchev–Trinajstić information content (AvgIpc) is 2.72. The van der Waals surface area contributed by atoms with Crippen molar-refractivity contribution in [2.75, 3.05) is 6.54 Å². The van der Waals surface area contributed by atoms with Gasteiger partial charge in [0.1, 0.15) is 4.90 Å². The molecule has 2 atom stereocenters. The molecule has 1 aliphatic heterocycles. The summed E-state index contributed by atoms with van der Waals surface area (Å²) in [6.45, 7) is 10.2. The molecular formula is C16H27N3O4S. The van der Waals surface area contributed by atoms with E-state index >= 15 is 0 Å². The van der Waals surface area contributed by atoms with Crippen molar-refractivity contribution in [1.82, 2.24) is 14.1 Å². The number of hydrogen-bond acceptors (Lipinski definition) is 4.